The molecule has 0 saturated carbocycles. The number of methoxy groups -OCH3 is 1. The molecule has 11 heteroatoms. The van der Waals surface area contributed by atoms with Crippen LogP contribution in [0.5, 0.6) is 0 Å². The molecule has 2 amide bonds. The highest BCUT2D eigenvalue weighted by molar-refractivity contribution is 5.95. The largest absolute Gasteiger partial charge is 0.467 e. The molecule has 2 rings (SSSR count). The van der Waals surface area contributed by atoms with Crippen molar-refractivity contribution in [3.05, 3.63) is 53.2 Å². The van der Waals surface area contributed by atoms with Gasteiger partial charge >= 0.3 is 12.1 Å². The highest BCUT2D eigenvalue weighted by Crippen LogP contribution is 2.22. The number of esters is 1. The lowest BCUT2D eigenvalue weighted by Crippen LogP contribution is -2.43. The van der Waals surface area contributed by atoms with E-state index in [1.807, 2.05) is 13.8 Å². The number of carbonyl (C=O) groups is 3. The van der Waals surface area contributed by atoms with Gasteiger partial charge < -0.3 is 30.3 Å². The van der Waals surface area contributed by atoms with Gasteiger partial charge in [-0.05, 0) is 38.7 Å². The molecule has 2 aromatic rings. The van der Waals surface area contributed by atoms with E-state index in [0.717, 1.165) is 5.56 Å². The first-order chi connectivity index (χ1) is 16.8. The van der Waals surface area contributed by atoms with Crippen molar-refractivity contribution in [2.75, 3.05) is 7.11 Å². The second-order valence-electron chi connectivity index (χ2n) is 9.76. The van der Waals surface area contributed by atoms with Crippen molar-refractivity contribution >= 4 is 23.8 Å². The lowest BCUT2D eigenvalue weighted by Gasteiger charge is -2.23. The van der Waals surface area contributed by atoms with E-state index >= 15 is 0 Å². The number of nitrogen functional groups attached to an aromatic ring is 1. The maximum Gasteiger partial charge on any atom is 0.408 e. The van der Waals surface area contributed by atoms with Crippen LogP contribution in [0.3, 0.4) is 0 Å². The molecule has 11 nitrogen and oxygen atoms in total. The second-order valence-corrected chi connectivity index (χ2v) is 9.76. The minimum Gasteiger partial charge on any atom is -0.467 e. The molecule has 5 N–H and O–H groups in total. The van der Waals surface area contributed by atoms with E-state index in [2.05, 4.69) is 15.6 Å². The summed E-state index contributed by atoms with van der Waals surface area (Å²) in [5.74, 6) is -1.01. The third-order valence-electron chi connectivity index (χ3n) is 4.95. The zero-order chi connectivity index (χ0) is 27.0. The number of benzene rings is 1. The maximum atomic E-state index is 12.9. The number of aromatic nitrogens is 1. The summed E-state index contributed by atoms with van der Waals surface area (Å²) in [6, 6.07) is 5.14. The summed E-state index contributed by atoms with van der Waals surface area (Å²) in [5, 5.41) is 12.8. The SMILES string of the molecule is COC(=O)[C@H](Cc1ccc(C(=N)N)cc1)NC(=O)c1coc([C@H](CC(C)C)NC(=O)OC(C)(C)C)n1. The molecule has 1 aromatic carbocycles. The summed E-state index contributed by atoms with van der Waals surface area (Å²) >= 11 is 0. The summed E-state index contributed by atoms with van der Waals surface area (Å²) in [7, 11) is 1.23. The summed E-state index contributed by atoms with van der Waals surface area (Å²) in [6.07, 6.45) is 1.20. The van der Waals surface area contributed by atoms with Gasteiger partial charge in [0.05, 0.1) is 7.11 Å². The Labute approximate surface area is 210 Å². The number of rotatable bonds is 10. The Kier molecular flexibility index (Phi) is 9.60. The number of ether oxygens (including phenoxy) is 2. The van der Waals surface area contributed by atoms with E-state index < -0.39 is 35.7 Å². The molecule has 0 bridgehead atoms. The smallest absolute Gasteiger partial charge is 0.408 e. The molecule has 1 aromatic heterocycles. The molecule has 0 spiro atoms. The van der Waals surface area contributed by atoms with E-state index in [4.69, 9.17) is 25.0 Å². The Hall–Kier alpha value is -3.89. The van der Waals surface area contributed by atoms with E-state index in [0.29, 0.717) is 12.0 Å². The Morgan fingerprint density at radius 3 is 2.31 bits per heavy atom. The van der Waals surface area contributed by atoms with Gasteiger partial charge in [-0.25, -0.2) is 14.6 Å². The van der Waals surface area contributed by atoms with Gasteiger partial charge in [0.15, 0.2) is 5.69 Å². The number of alkyl carbamates (subject to hydrolysis) is 1. The average molecular weight is 502 g/mol. The third-order valence-corrected chi connectivity index (χ3v) is 4.95. The van der Waals surface area contributed by atoms with Crippen molar-refractivity contribution in [1.82, 2.24) is 15.6 Å². The Balaban J connectivity index is 2.16. The molecule has 0 unspecified atom stereocenters. The lowest BCUT2D eigenvalue weighted by molar-refractivity contribution is -0.142. The van der Waals surface area contributed by atoms with Crippen LogP contribution in [-0.2, 0) is 20.7 Å². The van der Waals surface area contributed by atoms with E-state index in [-0.39, 0.29) is 29.8 Å². The Morgan fingerprint density at radius 2 is 1.78 bits per heavy atom. The average Bonchev–Trinajstić information content (AvgIpc) is 3.27. The molecular formula is C25H35N5O6. The standard InChI is InChI=1S/C25H35N5O6/c1-14(2)11-17(30-24(33)36-25(3,4)5)22-29-19(13-35-22)21(31)28-18(23(32)34-6)12-15-7-9-16(10-8-15)20(26)27/h7-10,13-14,17-18H,11-12H2,1-6H3,(H3,26,27)(H,28,31)(H,30,33)/t17-,18-/m0/s1. The van der Waals surface area contributed by atoms with Crippen LogP contribution >= 0.6 is 0 Å². The number of hydrogen-bond acceptors (Lipinski definition) is 8. The van der Waals surface area contributed by atoms with Crippen molar-refractivity contribution < 1.29 is 28.3 Å². The van der Waals surface area contributed by atoms with E-state index in [1.165, 1.54) is 13.4 Å². The van der Waals surface area contributed by atoms with Crippen LogP contribution in [0.1, 0.15) is 74.6 Å². The maximum absolute atomic E-state index is 12.9. The third kappa shape index (κ3) is 8.71. The number of carbonyl (C=O) groups excluding carboxylic acids is 3. The monoisotopic (exact) mass is 501 g/mol. The zero-order valence-corrected chi connectivity index (χ0v) is 21.5. The molecule has 196 valence electrons. The minimum atomic E-state index is -0.989. The molecule has 0 radical (unpaired) electrons. The van der Waals surface area contributed by atoms with Gasteiger partial charge in [0, 0.05) is 12.0 Å². The molecule has 1 heterocycles. The van der Waals surface area contributed by atoms with Crippen LogP contribution < -0.4 is 16.4 Å². The van der Waals surface area contributed by atoms with Crippen LogP contribution in [-0.4, -0.2) is 47.5 Å². The molecule has 0 saturated heterocycles. The van der Waals surface area contributed by atoms with E-state index in [1.54, 1.807) is 45.0 Å². The fourth-order valence-electron chi connectivity index (χ4n) is 3.32. The number of nitrogens with two attached hydrogens (primary N) is 1. The van der Waals surface area contributed by atoms with Gasteiger partial charge in [0.2, 0.25) is 5.89 Å². The van der Waals surface area contributed by atoms with Crippen LogP contribution in [0.25, 0.3) is 0 Å². The predicted octanol–water partition coefficient (Wildman–Crippen LogP) is 3.08. The highest BCUT2D eigenvalue weighted by Gasteiger charge is 2.28. The van der Waals surface area contributed by atoms with Gasteiger partial charge in [0.25, 0.3) is 5.91 Å². The van der Waals surface area contributed by atoms with Gasteiger partial charge in [-0.3, -0.25) is 10.2 Å². The fourth-order valence-corrected chi connectivity index (χ4v) is 3.32. The first kappa shape index (κ1) is 28.3. The Morgan fingerprint density at radius 1 is 1.14 bits per heavy atom. The zero-order valence-electron chi connectivity index (χ0n) is 21.5. The normalized spacial score (nSPS) is 13.0. The van der Waals surface area contributed by atoms with Crippen LogP contribution in [0.15, 0.2) is 34.9 Å². The van der Waals surface area contributed by atoms with Crippen LogP contribution in [0.2, 0.25) is 0 Å². The van der Waals surface area contributed by atoms with Gasteiger partial charge in [-0.15, -0.1) is 0 Å². The molecule has 0 aliphatic heterocycles. The molecular weight excluding hydrogens is 466 g/mol. The number of nitrogens with one attached hydrogen (secondary N) is 3. The fraction of sp³-hybridized carbons (Fsp3) is 0.480. The first-order valence-corrected chi connectivity index (χ1v) is 11.6. The number of oxazole rings is 1. The van der Waals surface area contributed by atoms with Crippen LogP contribution in [0, 0.1) is 11.3 Å². The number of amides is 2. The summed E-state index contributed by atoms with van der Waals surface area (Å²) < 4.78 is 15.7. The van der Waals surface area contributed by atoms with E-state index in [9.17, 15) is 14.4 Å². The first-order valence-electron chi connectivity index (χ1n) is 11.6. The highest BCUT2D eigenvalue weighted by atomic mass is 16.6. The van der Waals surface area contributed by atoms with Crippen LogP contribution in [0.4, 0.5) is 4.79 Å². The number of hydrogen-bond donors (Lipinski definition) is 4. The number of nitrogens with zero attached hydrogens (tertiary/aromatic N) is 1. The summed E-state index contributed by atoms with van der Waals surface area (Å²) in [4.78, 5) is 41.8. The lowest BCUT2D eigenvalue weighted by atomic mass is 10.0. The molecule has 0 aliphatic carbocycles. The Bertz CT molecular complexity index is 1070. The van der Waals surface area contributed by atoms with Crippen molar-refractivity contribution in [1.29, 1.82) is 5.41 Å². The molecule has 36 heavy (non-hydrogen) atoms. The minimum absolute atomic E-state index is 0.0504. The summed E-state index contributed by atoms with van der Waals surface area (Å²) in [6.45, 7) is 9.22. The molecule has 2 atom stereocenters. The van der Waals surface area contributed by atoms with Crippen molar-refractivity contribution in [2.24, 2.45) is 11.7 Å². The topological polar surface area (TPSA) is 170 Å². The predicted molar refractivity (Wildman–Crippen MR) is 133 cm³/mol. The van der Waals surface area contributed by atoms with Crippen molar-refractivity contribution in [3.8, 4) is 0 Å². The molecule has 0 fully saturated rings. The second kappa shape index (κ2) is 12.2. The van der Waals surface area contributed by atoms with Gasteiger partial charge in [0.1, 0.15) is 29.8 Å². The number of amidine groups is 1. The van der Waals surface area contributed by atoms with Crippen molar-refractivity contribution in [2.45, 2.75) is 65.1 Å². The van der Waals surface area contributed by atoms with Crippen molar-refractivity contribution in [3.63, 3.8) is 0 Å². The van der Waals surface area contributed by atoms with Gasteiger partial charge in [-0.1, -0.05) is 38.1 Å². The molecule has 0 aliphatic rings. The summed E-state index contributed by atoms with van der Waals surface area (Å²) in [5.41, 5.74) is 6.02. The van der Waals surface area contributed by atoms with Gasteiger partial charge in [-0.2, -0.15) is 0 Å². The quantitative estimate of drug-likeness (QED) is 0.219.